The van der Waals surface area contributed by atoms with Gasteiger partial charge >= 0.3 is 0 Å². The highest BCUT2D eigenvalue weighted by molar-refractivity contribution is 7.22. The first-order chi connectivity index (χ1) is 15.5. The number of fused-ring (bicyclic) bond motifs is 1. The fourth-order valence-electron chi connectivity index (χ4n) is 3.39. The molecule has 0 aliphatic rings. The van der Waals surface area contributed by atoms with Crippen molar-refractivity contribution in [3.63, 3.8) is 0 Å². The molecule has 0 N–H and O–H groups in total. The second-order valence-electron chi connectivity index (χ2n) is 7.56. The van der Waals surface area contributed by atoms with Gasteiger partial charge in [0.1, 0.15) is 5.75 Å². The third-order valence-corrected chi connectivity index (χ3v) is 6.07. The summed E-state index contributed by atoms with van der Waals surface area (Å²) in [6, 6.07) is 22.8. The normalized spacial score (nSPS) is 10.8. The summed E-state index contributed by atoms with van der Waals surface area (Å²) in [4.78, 5) is 31.2. The van der Waals surface area contributed by atoms with Crippen molar-refractivity contribution in [1.29, 1.82) is 0 Å². The molecule has 1 heterocycles. The maximum absolute atomic E-state index is 13.3. The number of benzene rings is 3. The topological polar surface area (TPSA) is 59.5 Å². The number of anilines is 2. The number of hydrogen-bond donors (Lipinski definition) is 0. The van der Waals surface area contributed by atoms with Crippen molar-refractivity contribution in [1.82, 2.24) is 4.98 Å². The van der Waals surface area contributed by atoms with Crippen molar-refractivity contribution >= 4 is 44.1 Å². The number of aromatic nitrogens is 1. The number of thiazole rings is 1. The summed E-state index contributed by atoms with van der Waals surface area (Å²) in [6.07, 6.45) is 0.899. The Hall–Kier alpha value is -3.51. The lowest BCUT2D eigenvalue weighted by molar-refractivity contribution is -0.118. The summed E-state index contributed by atoms with van der Waals surface area (Å²) in [5.74, 6) is 0.732. The minimum absolute atomic E-state index is 0.0114. The molecule has 1 amide bonds. The number of Topliss-reactive ketones (excluding diaryl/α,β-unsaturated/α-hetero) is 1. The standard InChI is InChI=1S/C26H24N2O3S/c1-18-7-5-8-22(17-18)31-16-6-11-25(30)28(21-14-12-20(13-15-21)19(2)29)26-27-23-9-3-4-10-24(23)32-26/h3-5,7-10,12-15,17H,6,11,16H2,1-2H3. The molecule has 0 radical (unpaired) electrons. The van der Waals surface area contributed by atoms with Crippen LogP contribution in [0.1, 0.15) is 35.7 Å². The average molecular weight is 445 g/mol. The van der Waals surface area contributed by atoms with Crippen molar-refractivity contribution in [2.75, 3.05) is 11.5 Å². The Kier molecular flexibility index (Phi) is 6.61. The number of carbonyl (C=O) groups is 2. The van der Waals surface area contributed by atoms with Gasteiger partial charge < -0.3 is 4.74 Å². The van der Waals surface area contributed by atoms with Crippen LogP contribution in [0.15, 0.2) is 72.8 Å². The Morgan fingerprint density at radius 1 is 1.00 bits per heavy atom. The smallest absolute Gasteiger partial charge is 0.233 e. The van der Waals surface area contributed by atoms with E-state index in [4.69, 9.17) is 4.74 Å². The number of aryl methyl sites for hydroxylation is 1. The Labute approximate surface area is 191 Å². The van der Waals surface area contributed by atoms with E-state index in [0.29, 0.717) is 35.8 Å². The van der Waals surface area contributed by atoms with E-state index < -0.39 is 0 Å². The molecule has 1 aromatic heterocycles. The minimum atomic E-state index is -0.0625. The average Bonchev–Trinajstić information content (AvgIpc) is 3.21. The van der Waals surface area contributed by atoms with Crippen LogP contribution >= 0.6 is 11.3 Å². The largest absolute Gasteiger partial charge is 0.494 e. The Morgan fingerprint density at radius 2 is 1.78 bits per heavy atom. The number of carbonyl (C=O) groups excluding carboxylic acids is 2. The molecule has 0 aliphatic heterocycles. The van der Waals surface area contributed by atoms with E-state index in [9.17, 15) is 9.59 Å². The monoisotopic (exact) mass is 444 g/mol. The highest BCUT2D eigenvalue weighted by atomic mass is 32.1. The van der Waals surface area contributed by atoms with Gasteiger partial charge in [-0.25, -0.2) is 4.98 Å². The quantitative estimate of drug-likeness (QED) is 0.235. The maximum atomic E-state index is 13.3. The Balaban J connectivity index is 1.52. The van der Waals surface area contributed by atoms with E-state index >= 15 is 0 Å². The predicted molar refractivity (Wildman–Crippen MR) is 129 cm³/mol. The van der Waals surface area contributed by atoms with Crippen molar-refractivity contribution < 1.29 is 14.3 Å². The summed E-state index contributed by atoms with van der Waals surface area (Å²) >= 11 is 1.47. The number of hydrogen-bond acceptors (Lipinski definition) is 5. The van der Waals surface area contributed by atoms with Gasteiger partial charge in [0.2, 0.25) is 5.91 Å². The summed E-state index contributed by atoms with van der Waals surface area (Å²) in [5.41, 5.74) is 3.29. The molecule has 0 fully saturated rings. The molecular weight excluding hydrogens is 420 g/mol. The van der Waals surface area contributed by atoms with E-state index in [1.54, 1.807) is 29.2 Å². The first kappa shape index (κ1) is 21.7. The molecule has 0 aliphatic carbocycles. The van der Waals surface area contributed by atoms with Crippen LogP contribution in [-0.2, 0) is 4.79 Å². The number of ether oxygens (including phenoxy) is 1. The van der Waals surface area contributed by atoms with Gasteiger partial charge in [0, 0.05) is 12.0 Å². The molecule has 0 bridgehead atoms. The molecule has 0 saturated carbocycles. The summed E-state index contributed by atoms with van der Waals surface area (Å²) in [7, 11) is 0. The van der Waals surface area contributed by atoms with Gasteiger partial charge in [-0.3, -0.25) is 14.5 Å². The fourth-order valence-corrected chi connectivity index (χ4v) is 4.40. The van der Waals surface area contributed by atoms with Crippen molar-refractivity contribution in [2.24, 2.45) is 0 Å². The van der Waals surface area contributed by atoms with Crippen molar-refractivity contribution in [3.8, 4) is 5.75 Å². The molecule has 0 saturated heterocycles. The zero-order valence-corrected chi connectivity index (χ0v) is 18.9. The molecule has 4 aromatic rings. The number of rotatable bonds is 8. The number of amides is 1. The van der Waals surface area contributed by atoms with Gasteiger partial charge in [-0.1, -0.05) is 35.6 Å². The van der Waals surface area contributed by atoms with Crippen LogP contribution in [0.3, 0.4) is 0 Å². The first-order valence-corrected chi connectivity index (χ1v) is 11.3. The van der Waals surface area contributed by atoms with E-state index in [1.165, 1.54) is 18.3 Å². The molecule has 6 heteroatoms. The molecule has 32 heavy (non-hydrogen) atoms. The second kappa shape index (κ2) is 9.75. The third-order valence-electron chi connectivity index (χ3n) is 5.05. The van der Waals surface area contributed by atoms with Crippen molar-refractivity contribution in [2.45, 2.75) is 26.7 Å². The van der Waals surface area contributed by atoms with Gasteiger partial charge in [0.25, 0.3) is 0 Å². The SMILES string of the molecule is CC(=O)c1ccc(N(C(=O)CCCOc2cccc(C)c2)c2nc3ccccc3s2)cc1. The van der Waals surface area contributed by atoms with Crippen LogP contribution in [0.5, 0.6) is 5.75 Å². The van der Waals surface area contributed by atoms with Crippen LogP contribution in [0.25, 0.3) is 10.2 Å². The molecule has 0 atom stereocenters. The lowest BCUT2D eigenvalue weighted by Crippen LogP contribution is -2.26. The Morgan fingerprint density at radius 3 is 2.50 bits per heavy atom. The molecule has 3 aromatic carbocycles. The van der Waals surface area contributed by atoms with Crippen LogP contribution in [-0.4, -0.2) is 23.3 Å². The van der Waals surface area contributed by atoms with E-state index in [-0.39, 0.29) is 11.7 Å². The molecule has 0 spiro atoms. The predicted octanol–water partition coefficient (Wildman–Crippen LogP) is 6.33. The highest BCUT2D eigenvalue weighted by Crippen LogP contribution is 2.34. The van der Waals surface area contributed by atoms with Crippen LogP contribution in [0.2, 0.25) is 0 Å². The van der Waals surface area contributed by atoms with Gasteiger partial charge in [-0.15, -0.1) is 0 Å². The highest BCUT2D eigenvalue weighted by Gasteiger charge is 2.21. The maximum Gasteiger partial charge on any atom is 0.233 e. The summed E-state index contributed by atoms with van der Waals surface area (Å²) in [6.45, 7) is 4.00. The van der Waals surface area contributed by atoms with Crippen molar-refractivity contribution in [3.05, 3.63) is 83.9 Å². The molecule has 162 valence electrons. The van der Waals surface area contributed by atoms with Crippen LogP contribution in [0.4, 0.5) is 10.8 Å². The fraction of sp³-hybridized carbons (Fsp3) is 0.192. The minimum Gasteiger partial charge on any atom is -0.494 e. The lowest BCUT2D eigenvalue weighted by atomic mass is 10.1. The van der Waals surface area contributed by atoms with E-state index in [2.05, 4.69) is 4.98 Å². The molecular formula is C26H24N2O3S. The van der Waals surface area contributed by atoms with Crippen LogP contribution in [0, 0.1) is 6.92 Å². The zero-order valence-electron chi connectivity index (χ0n) is 18.1. The summed E-state index contributed by atoms with van der Waals surface area (Å²) in [5, 5.41) is 0.617. The van der Waals surface area contributed by atoms with Gasteiger partial charge in [-0.05, 0) is 74.4 Å². The van der Waals surface area contributed by atoms with Gasteiger partial charge in [0.05, 0.1) is 22.5 Å². The Bertz CT molecular complexity index is 1210. The number of para-hydroxylation sites is 1. The zero-order chi connectivity index (χ0) is 22.5. The second-order valence-corrected chi connectivity index (χ2v) is 8.57. The van der Waals surface area contributed by atoms with E-state index in [1.807, 2.05) is 55.5 Å². The molecule has 0 unspecified atom stereocenters. The molecule has 5 nitrogen and oxygen atoms in total. The van der Waals surface area contributed by atoms with Crippen LogP contribution < -0.4 is 9.64 Å². The molecule has 4 rings (SSSR count). The third kappa shape index (κ3) is 5.03. The number of ketones is 1. The number of nitrogens with zero attached hydrogens (tertiary/aromatic N) is 2. The lowest BCUT2D eigenvalue weighted by Gasteiger charge is -2.20. The first-order valence-electron chi connectivity index (χ1n) is 10.5. The summed E-state index contributed by atoms with van der Waals surface area (Å²) < 4.78 is 6.81. The van der Waals surface area contributed by atoms with E-state index in [0.717, 1.165) is 21.5 Å². The van der Waals surface area contributed by atoms with Gasteiger partial charge in [0.15, 0.2) is 10.9 Å². The van der Waals surface area contributed by atoms with Gasteiger partial charge in [-0.2, -0.15) is 0 Å².